The van der Waals surface area contributed by atoms with Crippen molar-refractivity contribution >= 4 is 21.6 Å². The van der Waals surface area contributed by atoms with Crippen molar-refractivity contribution in [3.63, 3.8) is 0 Å². The van der Waals surface area contributed by atoms with Crippen LogP contribution in [0, 0.1) is 13.8 Å². The molecule has 2 rings (SSSR count). The zero-order chi connectivity index (χ0) is 21.8. The number of hydrogen-bond acceptors (Lipinski definition) is 4. The zero-order valence-electron chi connectivity index (χ0n) is 17.9. The van der Waals surface area contributed by atoms with Gasteiger partial charge in [-0.15, -0.1) is 0 Å². The average Bonchev–Trinajstić information content (AvgIpc) is 2.66. The van der Waals surface area contributed by atoms with E-state index in [0.717, 1.165) is 27.3 Å². The normalized spacial score (nSPS) is 13.4. The molecule has 0 radical (unpaired) electrons. The van der Waals surface area contributed by atoms with E-state index in [1.54, 1.807) is 19.1 Å². The lowest BCUT2D eigenvalue weighted by Gasteiger charge is -2.31. The first-order valence-corrected chi connectivity index (χ1v) is 11.4. The second-order valence-corrected chi connectivity index (χ2v) is 9.15. The number of anilines is 1. The van der Waals surface area contributed by atoms with Crippen molar-refractivity contribution in [2.75, 3.05) is 17.7 Å². The summed E-state index contributed by atoms with van der Waals surface area (Å²) < 4.78 is 31.7. The maximum absolute atomic E-state index is 13.0. The highest BCUT2D eigenvalue weighted by Gasteiger charge is 2.32. The van der Waals surface area contributed by atoms with E-state index in [4.69, 9.17) is 4.74 Å². The van der Waals surface area contributed by atoms with E-state index in [-0.39, 0.29) is 11.9 Å². The molecule has 0 fully saturated rings. The third-order valence-corrected chi connectivity index (χ3v) is 6.09. The topological polar surface area (TPSA) is 75.7 Å². The van der Waals surface area contributed by atoms with Crippen molar-refractivity contribution in [3.8, 4) is 5.75 Å². The molecule has 2 unspecified atom stereocenters. The molecule has 2 aromatic rings. The molecule has 158 valence electrons. The smallest absolute Gasteiger partial charge is 0.244 e. The molecule has 1 amide bonds. The molecule has 0 aromatic heterocycles. The van der Waals surface area contributed by atoms with Gasteiger partial charge in [-0.25, -0.2) is 8.42 Å². The fraction of sp³-hybridized carbons (Fsp3) is 0.409. The molecule has 0 saturated heterocycles. The van der Waals surface area contributed by atoms with Crippen LogP contribution in [-0.4, -0.2) is 33.7 Å². The second-order valence-electron chi connectivity index (χ2n) is 7.29. The average molecular weight is 419 g/mol. The van der Waals surface area contributed by atoms with Gasteiger partial charge >= 0.3 is 0 Å². The Kier molecular flexibility index (Phi) is 7.30. The van der Waals surface area contributed by atoms with Crippen LogP contribution in [0.3, 0.4) is 0 Å². The van der Waals surface area contributed by atoms with Gasteiger partial charge in [0, 0.05) is 0 Å². The number of hydrogen-bond donors (Lipinski definition) is 1. The Labute approximate surface area is 173 Å². The van der Waals surface area contributed by atoms with Gasteiger partial charge in [0.05, 0.1) is 25.1 Å². The van der Waals surface area contributed by atoms with Gasteiger partial charge in [0.15, 0.2) is 0 Å². The summed E-state index contributed by atoms with van der Waals surface area (Å²) in [6, 6.07) is 12.0. The van der Waals surface area contributed by atoms with E-state index in [1.165, 1.54) is 7.11 Å². The van der Waals surface area contributed by atoms with E-state index in [1.807, 2.05) is 51.1 Å². The van der Waals surface area contributed by atoms with Gasteiger partial charge in [-0.1, -0.05) is 42.8 Å². The highest BCUT2D eigenvalue weighted by molar-refractivity contribution is 7.92. The van der Waals surface area contributed by atoms with Gasteiger partial charge in [-0.2, -0.15) is 0 Å². The number of methoxy groups -OCH3 is 1. The van der Waals surface area contributed by atoms with Gasteiger partial charge in [0.25, 0.3) is 0 Å². The number of amides is 1. The summed E-state index contributed by atoms with van der Waals surface area (Å²) in [5, 5.41) is 2.99. The van der Waals surface area contributed by atoms with E-state index in [9.17, 15) is 13.2 Å². The molecule has 0 aliphatic carbocycles. The van der Waals surface area contributed by atoms with Crippen molar-refractivity contribution in [3.05, 3.63) is 59.2 Å². The highest BCUT2D eigenvalue weighted by Crippen LogP contribution is 2.33. The summed E-state index contributed by atoms with van der Waals surface area (Å²) in [5.41, 5.74) is 3.34. The molecule has 2 aromatic carbocycles. The van der Waals surface area contributed by atoms with Crippen LogP contribution in [-0.2, 0) is 14.8 Å². The molecule has 7 heteroatoms. The number of nitrogens with one attached hydrogen (secondary N) is 1. The van der Waals surface area contributed by atoms with Crippen LogP contribution in [0.15, 0.2) is 42.5 Å². The van der Waals surface area contributed by atoms with Crippen molar-refractivity contribution in [2.45, 2.75) is 46.2 Å². The third-order valence-electron chi connectivity index (χ3n) is 4.86. The molecule has 0 aliphatic heterocycles. The Morgan fingerprint density at radius 3 is 2.21 bits per heavy atom. The summed E-state index contributed by atoms with van der Waals surface area (Å²) >= 11 is 0. The van der Waals surface area contributed by atoms with Crippen LogP contribution in [0.2, 0.25) is 0 Å². The molecule has 2 atom stereocenters. The summed E-state index contributed by atoms with van der Waals surface area (Å²) in [6.45, 7) is 7.43. The molecule has 0 heterocycles. The summed E-state index contributed by atoms with van der Waals surface area (Å²) in [4.78, 5) is 13.0. The van der Waals surface area contributed by atoms with Gasteiger partial charge in [-0.05, 0) is 50.5 Å². The predicted octanol–water partition coefficient (Wildman–Crippen LogP) is 3.73. The van der Waals surface area contributed by atoms with Crippen LogP contribution < -0.4 is 14.4 Å². The number of sulfonamides is 1. The van der Waals surface area contributed by atoms with E-state index < -0.39 is 16.1 Å². The molecule has 0 saturated carbocycles. The van der Waals surface area contributed by atoms with Crippen molar-refractivity contribution in [1.29, 1.82) is 0 Å². The van der Waals surface area contributed by atoms with Gasteiger partial charge in [0.1, 0.15) is 11.8 Å². The van der Waals surface area contributed by atoms with Gasteiger partial charge in [0.2, 0.25) is 15.9 Å². The van der Waals surface area contributed by atoms with E-state index in [2.05, 4.69) is 5.32 Å². The minimum Gasteiger partial charge on any atom is -0.495 e. The van der Waals surface area contributed by atoms with Crippen LogP contribution in [0.1, 0.15) is 43.0 Å². The lowest BCUT2D eigenvalue weighted by Crippen LogP contribution is -2.48. The third kappa shape index (κ3) is 5.50. The number of carbonyl (C=O) groups is 1. The Morgan fingerprint density at radius 1 is 1.10 bits per heavy atom. The molecule has 0 aliphatic rings. The van der Waals surface area contributed by atoms with Crippen LogP contribution in [0.5, 0.6) is 5.75 Å². The Hall–Kier alpha value is -2.54. The maximum Gasteiger partial charge on any atom is 0.244 e. The Balaban J connectivity index is 2.36. The first-order valence-electron chi connectivity index (χ1n) is 9.59. The van der Waals surface area contributed by atoms with Crippen molar-refractivity contribution in [1.82, 2.24) is 5.32 Å². The molecule has 29 heavy (non-hydrogen) atoms. The highest BCUT2D eigenvalue weighted by atomic mass is 32.2. The van der Waals surface area contributed by atoms with E-state index >= 15 is 0 Å². The molecular formula is C22H30N2O4S. The maximum atomic E-state index is 13.0. The van der Waals surface area contributed by atoms with Crippen LogP contribution in [0.25, 0.3) is 0 Å². The van der Waals surface area contributed by atoms with Crippen molar-refractivity contribution < 1.29 is 17.9 Å². The first kappa shape index (κ1) is 22.7. The minimum atomic E-state index is -3.73. The van der Waals surface area contributed by atoms with Crippen LogP contribution in [0.4, 0.5) is 5.69 Å². The molecule has 6 nitrogen and oxygen atoms in total. The number of benzene rings is 2. The number of rotatable bonds is 8. The number of aryl methyl sites for hydroxylation is 2. The lowest BCUT2D eigenvalue weighted by atomic mass is 10.0. The van der Waals surface area contributed by atoms with Crippen LogP contribution >= 0.6 is 0 Å². The number of nitrogens with zero attached hydrogens (tertiary/aromatic N) is 1. The largest absolute Gasteiger partial charge is 0.495 e. The van der Waals surface area contributed by atoms with Gasteiger partial charge in [-0.3, -0.25) is 9.10 Å². The summed E-state index contributed by atoms with van der Waals surface area (Å²) in [6.07, 6.45) is 1.78. The number of ether oxygens (including phenoxy) is 1. The SMILES string of the molecule is CCC(NC(=O)C(C)N(c1cc(C)ccc1OC)S(C)(=O)=O)c1ccc(C)cc1. The predicted molar refractivity (Wildman–Crippen MR) is 117 cm³/mol. The minimum absolute atomic E-state index is 0.202. The molecule has 0 spiro atoms. The fourth-order valence-corrected chi connectivity index (χ4v) is 4.44. The standard InChI is InChI=1S/C22H30N2O4S/c1-7-19(18-11-8-15(2)9-12-18)23-22(25)17(4)24(29(6,26)27)20-14-16(3)10-13-21(20)28-5/h8-14,17,19H,7H2,1-6H3,(H,23,25). The summed E-state index contributed by atoms with van der Waals surface area (Å²) in [7, 11) is -2.26. The molecular weight excluding hydrogens is 388 g/mol. The van der Waals surface area contributed by atoms with E-state index in [0.29, 0.717) is 17.9 Å². The Morgan fingerprint density at radius 2 is 1.69 bits per heavy atom. The summed E-state index contributed by atoms with van der Waals surface area (Å²) in [5.74, 6) is 0.0256. The fourth-order valence-electron chi connectivity index (χ4n) is 3.27. The zero-order valence-corrected chi connectivity index (χ0v) is 18.7. The quantitative estimate of drug-likeness (QED) is 0.709. The number of carbonyl (C=O) groups excluding carboxylic acids is 1. The molecule has 0 bridgehead atoms. The first-order chi connectivity index (χ1) is 13.6. The molecule has 1 N–H and O–H groups in total. The monoisotopic (exact) mass is 418 g/mol. The van der Waals surface area contributed by atoms with Crippen molar-refractivity contribution in [2.24, 2.45) is 0 Å². The Bertz CT molecular complexity index is 955. The second kappa shape index (κ2) is 9.31. The van der Waals surface area contributed by atoms with Gasteiger partial charge < -0.3 is 10.1 Å². The lowest BCUT2D eigenvalue weighted by molar-refractivity contribution is -0.122.